The SMILES string of the molecule is CC(C)(C)SCc1ccc(Br)cc1F. The van der Waals surface area contributed by atoms with Crippen molar-refractivity contribution in [2.75, 3.05) is 0 Å². The first-order chi connectivity index (χ1) is 6.38. The molecule has 3 heteroatoms. The standard InChI is InChI=1S/C11H14BrFS/c1-11(2,3)14-7-8-4-5-9(12)6-10(8)13/h4-6H,7H2,1-3H3. The molecule has 0 unspecified atom stereocenters. The van der Waals surface area contributed by atoms with Gasteiger partial charge in [-0.3, -0.25) is 0 Å². The third kappa shape index (κ3) is 4.01. The highest BCUT2D eigenvalue weighted by molar-refractivity contribution is 9.10. The first kappa shape index (κ1) is 12.1. The van der Waals surface area contributed by atoms with E-state index in [2.05, 4.69) is 36.7 Å². The Labute approximate surface area is 97.4 Å². The summed E-state index contributed by atoms with van der Waals surface area (Å²) in [5.74, 6) is 0.596. The summed E-state index contributed by atoms with van der Waals surface area (Å²) >= 11 is 4.99. The molecule has 1 aromatic rings. The summed E-state index contributed by atoms with van der Waals surface area (Å²) in [5, 5.41) is 0. The van der Waals surface area contributed by atoms with Gasteiger partial charge in [-0.25, -0.2) is 4.39 Å². The van der Waals surface area contributed by atoms with E-state index in [9.17, 15) is 4.39 Å². The average molecular weight is 277 g/mol. The van der Waals surface area contributed by atoms with Crippen LogP contribution in [0, 0.1) is 5.82 Å². The number of hydrogen-bond acceptors (Lipinski definition) is 1. The van der Waals surface area contributed by atoms with Gasteiger partial charge in [0.05, 0.1) is 0 Å². The van der Waals surface area contributed by atoms with Gasteiger partial charge >= 0.3 is 0 Å². The second-order valence-electron chi connectivity index (χ2n) is 4.14. The van der Waals surface area contributed by atoms with Crippen molar-refractivity contribution < 1.29 is 4.39 Å². The molecule has 0 spiro atoms. The van der Waals surface area contributed by atoms with Crippen LogP contribution in [-0.2, 0) is 5.75 Å². The van der Waals surface area contributed by atoms with Crippen molar-refractivity contribution in [2.45, 2.75) is 31.3 Å². The van der Waals surface area contributed by atoms with E-state index >= 15 is 0 Å². The molecule has 0 aromatic heterocycles. The topological polar surface area (TPSA) is 0 Å². The molecule has 0 fully saturated rings. The normalized spacial score (nSPS) is 11.8. The van der Waals surface area contributed by atoms with Gasteiger partial charge in [0, 0.05) is 15.0 Å². The minimum atomic E-state index is -0.129. The fraction of sp³-hybridized carbons (Fsp3) is 0.455. The maximum atomic E-state index is 13.4. The zero-order valence-electron chi connectivity index (χ0n) is 8.60. The molecule has 0 aliphatic heterocycles. The maximum absolute atomic E-state index is 13.4. The van der Waals surface area contributed by atoms with E-state index in [1.807, 2.05) is 12.1 Å². The lowest BCUT2D eigenvalue weighted by atomic mass is 10.2. The van der Waals surface area contributed by atoms with E-state index in [0.29, 0.717) is 0 Å². The molecule has 0 atom stereocenters. The Kier molecular flexibility index (Phi) is 4.02. The lowest BCUT2D eigenvalue weighted by Crippen LogP contribution is -2.07. The lowest BCUT2D eigenvalue weighted by molar-refractivity contribution is 0.616. The second kappa shape index (κ2) is 4.67. The molecule has 0 N–H and O–H groups in total. The molecule has 0 heterocycles. The van der Waals surface area contributed by atoms with Crippen LogP contribution in [0.1, 0.15) is 26.3 Å². The Morgan fingerprint density at radius 3 is 2.50 bits per heavy atom. The van der Waals surface area contributed by atoms with Crippen molar-refractivity contribution >= 4 is 27.7 Å². The van der Waals surface area contributed by atoms with Gasteiger partial charge in [0.2, 0.25) is 0 Å². The highest BCUT2D eigenvalue weighted by Gasteiger charge is 2.12. The molecule has 0 saturated carbocycles. The Hall–Kier alpha value is -0.0200. The first-order valence-corrected chi connectivity index (χ1v) is 6.24. The van der Waals surface area contributed by atoms with E-state index < -0.39 is 0 Å². The van der Waals surface area contributed by atoms with E-state index in [-0.39, 0.29) is 10.6 Å². The Bertz CT molecular complexity index is 318. The Morgan fingerprint density at radius 1 is 1.36 bits per heavy atom. The van der Waals surface area contributed by atoms with Crippen LogP contribution >= 0.6 is 27.7 Å². The third-order valence-electron chi connectivity index (χ3n) is 1.68. The molecule has 0 radical (unpaired) electrons. The molecule has 0 aliphatic carbocycles. The summed E-state index contributed by atoms with van der Waals surface area (Å²) in [7, 11) is 0. The summed E-state index contributed by atoms with van der Waals surface area (Å²) in [4.78, 5) is 0. The molecule has 0 aliphatic rings. The van der Waals surface area contributed by atoms with Crippen LogP contribution in [0.25, 0.3) is 0 Å². The highest BCUT2D eigenvalue weighted by atomic mass is 79.9. The minimum Gasteiger partial charge on any atom is -0.207 e. The van der Waals surface area contributed by atoms with Gasteiger partial charge in [0.1, 0.15) is 5.82 Å². The van der Waals surface area contributed by atoms with Gasteiger partial charge in [-0.1, -0.05) is 42.8 Å². The molecule has 0 nitrogen and oxygen atoms in total. The number of hydrogen-bond donors (Lipinski definition) is 0. The zero-order valence-corrected chi connectivity index (χ0v) is 11.0. The van der Waals surface area contributed by atoms with Gasteiger partial charge in [0.25, 0.3) is 0 Å². The van der Waals surface area contributed by atoms with Crippen LogP contribution < -0.4 is 0 Å². The van der Waals surface area contributed by atoms with E-state index in [0.717, 1.165) is 15.8 Å². The summed E-state index contributed by atoms with van der Waals surface area (Å²) < 4.78 is 14.4. The Morgan fingerprint density at radius 2 is 2.00 bits per heavy atom. The fourth-order valence-corrected chi connectivity index (χ4v) is 2.09. The molecule has 78 valence electrons. The largest absolute Gasteiger partial charge is 0.207 e. The van der Waals surface area contributed by atoms with E-state index in [1.165, 1.54) is 6.07 Å². The van der Waals surface area contributed by atoms with Crippen LogP contribution in [0.2, 0.25) is 0 Å². The van der Waals surface area contributed by atoms with Crippen LogP contribution in [0.15, 0.2) is 22.7 Å². The van der Waals surface area contributed by atoms with Gasteiger partial charge < -0.3 is 0 Å². The highest BCUT2D eigenvalue weighted by Crippen LogP contribution is 2.28. The number of benzene rings is 1. The predicted octanol–water partition coefficient (Wildman–Crippen LogP) is 4.62. The summed E-state index contributed by atoms with van der Waals surface area (Å²) in [6.45, 7) is 6.40. The fourth-order valence-electron chi connectivity index (χ4n) is 0.933. The molecule has 0 bridgehead atoms. The zero-order chi connectivity index (χ0) is 10.8. The predicted molar refractivity (Wildman–Crippen MR) is 65.1 cm³/mol. The van der Waals surface area contributed by atoms with Crippen LogP contribution in [0.4, 0.5) is 4.39 Å². The molecule has 1 rings (SSSR count). The van der Waals surface area contributed by atoms with Gasteiger partial charge in [-0.15, -0.1) is 0 Å². The molecular formula is C11H14BrFS. The lowest BCUT2D eigenvalue weighted by Gasteiger charge is -2.17. The maximum Gasteiger partial charge on any atom is 0.128 e. The van der Waals surface area contributed by atoms with Gasteiger partial charge in [-0.2, -0.15) is 11.8 Å². The van der Waals surface area contributed by atoms with Crippen LogP contribution in [-0.4, -0.2) is 4.75 Å². The minimum absolute atomic E-state index is 0.129. The van der Waals surface area contributed by atoms with E-state index in [4.69, 9.17) is 0 Å². The average Bonchev–Trinajstić information content (AvgIpc) is 2.00. The van der Waals surface area contributed by atoms with Crippen molar-refractivity contribution in [1.82, 2.24) is 0 Å². The van der Waals surface area contributed by atoms with Crippen molar-refractivity contribution in [1.29, 1.82) is 0 Å². The van der Waals surface area contributed by atoms with Crippen molar-refractivity contribution in [3.05, 3.63) is 34.1 Å². The summed E-state index contributed by atoms with van der Waals surface area (Å²) in [6, 6.07) is 5.22. The second-order valence-corrected chi connectivity index (χ2v) is 6.85. The number of thioether (sulfide) groups is 1. The van der Waals surface area contributed by atoms with Crippen LogP contribution in [0.3, 0.4) is 0 Å². The molecule has 0 amide bonds. The Balaban J connectivity index is 2.68. The van der Waals surface area contributed by atoms with Crippen molar-refractivity contribution in [3.63, 3.8) is 0 Å². The number of rotatable bonds is 2. The van der Waals surface area contributed by atoms with Crippen molar-refractivity contribution in [2.24, 2.45) is 0 Å². The van der Waals surface area contributed by atoms with E-state index in [1.54, 1.807) is 11.8 Å². The number of halogens is 2. The van der Waals surface area contributed by atoms with Crippen LogP contribution in [0.5, 0.6) is 0 Å². The quantitative estimate of drug-likeness (QED) is 0.760. The van der Waals surface area contributed by atoms with Gasteiger partial charge in [0.15, 0.2) is 0 Å². The first-order valence-electron chi connectivity index (χ1n) is 4.46. The summed E-state index contributed by atoms with van der Waals surface area (Å²) in [5.41, 5.74) is 0.771. The third-order valence-corrected chi connectivity index (χ3v) is 3.49. The molecule has 14 heavy (non-hydrogen) atoms. The smallest absolute Gasteiger partial charge is 0.128 e. The monoisotopic (exact) mass is 276 g/mol. The molecule has 1 aromatic carbocycles. The molecule has 0 saturated heterocycles. The van der Waals surface area contributed by atoms with Crippen molar-refractivity contribution in [3.8, 4) is 0 Å². The van der Waals surface area contributed by atoms with Gasteiger partial charge in [-0.05, 0) is 17.7 Å². The molecular weight excluding hydrogens is 263 g/mol. The summed E-state index contributed by atoms with van der Waals surface area (Å²) in [6.07, 6.45) is 0.